The summed E-state index contributed by atoms with van der Waals surface area (Å²) in [6.45, 7) is 3.98. The smallest absolute Gasteiger partial charge is 0.234 e. The van der Waals surface area contributed by atoms with Gasteiger partial charge in [0.15, 0.2) is 5.82 Å². The summed E-state index contributed by atoms with van der Waals surface area (Å²) in [6, 6.07) is 11.6. The highest BCUT2D eigenvalue weighted by Crippen LogP contribution is 2.26. The van der Waals surface area contributed by atoms with E-state index in [9.17, 15) is 9.59 Å². The van der Waals surface area contributed by atoms with Crippen molar-refractivity contribution in [3.63, 3.8) is 0 Å². The van der Waals surface area contributed by atoms with Crippen LogP contribution in [0.4, 0.5) is 11.5 Å². The molecular weight excluding hydrogens is 426 g/mol. The summed E-state index contributed by atoms with van der Waals surface area (Å²) in [4.78, 5) is 26.9. The average Bonchev–Trinajstić information content (AvgIpc) is 3.64. The Balaban J connectivity index is 1.27. The van der Waals surface area contributed by atoms with Crippen molar-refractivity contribution in [1.29, 1.82) is 0 Å². The second kappa shape index (κ2) is 10.7. The molecule has 1 aliphatic heterocycles. The van der Waals surface area contributed by atoms with Crippen LogP contribution < -0.4 is 20.3 Å². The van der Waals surface area contributed by atoms with Crippen LogP contribution in [0, 0.1) is 5.92 Å². The lowest BCUT2D eigenvalue weighted by Crippen LogP contribution is -2.44. The number of piperidine rings is 1. The van der Waals surface area contributed by atoms with Crippen LogP contribution in [0.1, 0.15) is 32.6 Å². The molecule has 1 aliphatic carbocycles. The molecule has 1 saturated heterocycles. The Bertz CT molecular complexity index is 935. The molecule has 0 radical (unpaired) electrons. The van der Waals surface area contributed by atoms with Crippen molar-refractivity contribution in [2.75, 3.05) is 35.7 Å². The van der Waals surface area contributed by atoms with E-state index < -0.39 is 0 Å². The minimum Gasteiger partial charge on any atom is -0.492 e. The van der Waals surface area contributed by atoms with E-state index in [0.29, 0.717) is 35.7 Å². The maximum Gasteiger partial charge on any atom is 0.234 e. The van der Waals surface area contributed by atoms with Crippen LogP contribution in [-0.2, 0) is 9.59 Å². The van der Waals surface area contributed by atoms with Crippen molar-refractivity contribution in [2.24, 2.45) is 5.92 Å². The Labute approximate surface area is 192 Å². The number of nitrogens with one attached hydrogen (secondary N) is 2. The van der Waals surface area contributed by atoms with Gasteiger partial charge < -0.3 is 20.3 Å². The van der Waals surface area contributed by atoms with E-state index in [1.807, 2.05) is 43.3 Å². The molecule has 2 fully saturated rings. The topological polar surface area (TPSA) is 96.5 Å². The third-order valence-electron chi connectivity index (χ3n) is 5.48. The van der Waals surface area contributed by atoms with Crippen LogP contribution in [0.5, 0.6) is 5.75 Å². The number of thioether (sulfide) groups is 1. The number of rotatable bonds is 9. The SMILES string of the molecule is CCOc1ccccc1NC(=O)CSc1ccc(N2CCC[C@H](C(=O)NC3CC3)C2)nn1. The Morgan fingerprint density at radius 1 is 1.16 bits per heavy atom. The van der Waals surface area contributed by atoms with Crippen LogP contribution in [0.3, 0.4) is 0 Å². The summed E-state index contributed by atoms with van der Waals surface area (Å²) >= 11 is 1.33. The number of hydrogen-bond acceptors (Lipinski definition) is 7. The Hall–Kier alpha value is -2.81. The summed E-state index contributed by atoms with van der Waals surface area (Å²) in [5.41, 5.74) is 0.659. The molecule has 1 atom stereocenters. The Morgan fingerprint density at radius 2 is 2.00 bits per heavy atom. The normalized spacial score (nSPS) is 18.2. The molecule has 0 unspecified atom stereocenters. The first-order valence-corrected chi connectivity index (χ1v) is 12.1. The largest absolute Gasteiger partial charge is 0.492 e. The minimum absolute atomic E-state index is 0.00321. The van der Waals surface area contributed by atoms with Gasteiger partial charge in [0.1, 0.15) is 10.8 Å². The predicted octanol–water partition coefficient (Wildman–Crippen LogP) is 3.10. The van der Waals surface area contributed by atoms with Crippen molar-refractivity contribution in [2.45, 2.75) is 43.7 Å². The van der Waals surface area contributed by atoms with Gasteiger partial charge in [-0.15, -0.1) is 10.2 Å². The summed E-state index contributed by atoms with van der Waals surface area (Å²) in [6.07, 6.45) is 4.08. The van der Waals surface area contributed by atoms with Gasteiger partial charge in [0.25, 0.3) is 0 Å². The second-order valence-electron chi connectivity index (χ2n) is 8.06. The molecule has 1 saturated carbocycles. The standard InChI is InChI=1S/C23H29N5O3S/c1-2-31-19-8-4-3-7-18(19)25-21(29)15-32-22-12-11-20(26-27-22)28-13-5-6-16(14-28)23(30)24-17-9-10-17/h3-4,7-8,11-12,16-17H,2,5-6,9-10,13-15H2,1H3,(H,24,30)(H,25,29)/t16-/m0/s1. The van der Waals surface area contributed by atoms with E-state index in [4.69, 9.17) is 4.74 Å². The lowest BCUT2D eigenvalue weighted by molar-refractivity contribution is -0.125. The fourth-order valence-corrected chi connectivity index (χ4v) is 4.30. The average molecular weight is 456 g/mol. The Morgan fingerprint density at radius 3 is 2.75 bits per heavy atom. The van der Waals surface area contributed by atoms with E-state index in [1.54, 1.807) is 0 Å². The zero-order valence-electron chi connectivity index (χ0n) is 18.3. The van der Waals surface area contributed by atoms with Crippen molar-refractivity contribution in [3.8, 4) is 5.75 Å². The monoisotopic (exact) mass is 455 g/mol. The van der Waals surface area contributed by atoms with Gasteiger partial charge in [-0.2, -0.15) is 0 Å². The molecule has 9 heteroatoms. The van der Waals surface area contributed by atoms with Gasteiger partial charge in [-0.3, -0.25) is 9.59 Å². The van der Waals surface area contributed by atoms with Gasteiger partial charge in [0, 0.05) is 19.1 Å². The van der Waals surface area contributed by atoms with Crippen molar-refractivity contribution >= 4 is 35.1 Å². The number of aromatic nitrogens is 2. The first kappa shape index (κ1) is 22.4. The number of nitrogens with zero attached hydrogens (tertiary/aromatic N) is 3. The number of carbonyl (C=O) groups is 2. The molecule has 32 heavy (non-hydrogen) atoms. The zero-order valence-corrected chi connectivity index (χ0v) is 19.1. The van der Waals surface area contributed by atoms with Crippen molar-refractivity contribution in [1.82, 2.24) is 15.5 Å². The molecule has 0 bridgehead atoms. The molecule has 0 spiro atoms. The molecule has 8 nitrogen and oxygen atoms in total. The maximum absolute atomic E-state index is 12.4. The molecule has 1 aromatic carbocycles. The third kappa shape index (κ3) is 6.12. The van der Waals surface area contributed by atoms with E-state index >= 15 is 0 Å². The van der Waals surface area contributed by atoms with Crippen LogP contribution in [0.2, 0.25) is 0 Å². The molecular formula is C23H29N5O3S. The van der Waals surface area contributed by atoms with Crippen LogP contribution in [0.15, 0.2) is 41.4 Å². The van der Waals surface area contributed by atoms with Crippen LogP contribution in [-0.4, -0.2) is 53.5 Å². The molecule has 2 amide bonds. The Kier molecular flexibility index (Phi) is 7.47. The van der Waals surface area contributed by atoms with Gasteiger partial charge in [-0.25, -0.2) is 0 Å². The highest BCUT2D eigenvalue weighted by atomic mass is 32.2. The first-order chi connectivity index (χ1) is 15.6. The molecule has 170 valence electrons. The molecule has 2 N–H and O–H groups in total. The zero-order chi connectivity index (χ0) is 22.3. The highest BCUT2D eigenvalue weighted by molar-refractivity contribution is 7.99. The fourth-order valence-electron chi connectivity index (χ4n) is 3.68. The fraction of sp³-hybridized carbons (Fsp3) is 0.478. The molecule has 2 heterocycles. The highest BCUT2D eigenvalue weighted by Gasteiger charge is 2.30. The first-order valence-electron chi connectivity index (χ1n) is 11.2. The number of amides is 2. The van der Waals surface area contributed by atoms with Gasteiger partial charge in [0.05, 0.1) is 24.0 Å². The van der Waals surface area contributed by atoms with Gasteiger partial charge in [0.2, 0.25) is 11.8 Å². The lowest BCUT2D eigenvalue weighted by Gasteiger charge is -2.32. The number of para-hydroxylation sites is 2. The summed E-state index contributed by atoms with van der Waals surface area (Å²) in [7, 11) is 0. The van der Waals surface area contributed by atoms with Crippen molar-refractivity contribution in [3.05, 3.63) is 36.4 Å². The second-order valence-corrected chi connectivity index (χ2v) is 9.06. The van der Waals surface area contributed by atoms with E-state index in [1.165, 1.54) is 11.8 Å². The lowest BCUT2D eigenvalue weighted by atomic mass is 9.97. The summed E-state index contributed by atoms with van der Waals surface area (Å²) in [5, 5.41) is 15.3. The van der Waals surface area contributed by atoms with Gasteiger partial charge in [-0.1, -0.05) is 23.9 Å². The van der Waals surface area contributed by atoms with E-state index in [2.05, 4.69) is 25.7 Å². The number of anilines is 2. The quantitative estimate of drug-likeness (QED) is 0.561. The molecule has 4 rings (SSSR count). The van der Waals surface area contributed by atoms with E-state index in [-0.39, 0.29) is 23.5 Å². The van der Waals surface area contributed by atoms with Crippen molar-refractivity contribution < 1.29 is 14.3 Å². The summed E-state index contributed by atoms with van der Waals surface area (Å²) < 4.78 is 5.54. The minimum atomic E-state index is -0.131. The predicted molar refractivity (Wildman–Crippen MR) is 125 cm³/mol. The third-order valence-corrected chi connectivity index (χ3v) is 6.40. The number of ether oxygens (including phenoxy) is 1. The van der Waals surface area contributed by atoms with E-state index in [0.717, 1.165) is 38.0 Å². The molecule has 2 aliphatic rings. The molecule has 2 aromatic rings. The molecule has 1 aromatic heterocycles. The van der Waals surface area contributed by atoms with Gasteiger partial charge in [-0.05, 0) is 56.9 Å². The van der Waals surface area contributed by atoms with Gasteiger partial charge >= 0.3 is 0 Å². The number of benzene rings is 1. The van der Waals surface area contributed by atoms with Crippen LogP contribution in [0.25, 0.3) is 0 Å². The number of carbonyl (C=O) groups excluding carboxylic acids is 2. The maximum atomic E-state index is 12.4. The number of hydrogen-bond donors (Lipinski definition) is 2. The summed E-state index contributed by atoms with van der Waals surface area (Å²) in [5.74, 6) is 1.68. The van der Waals surface area contributed by atoms with Crippen LogP contribution >= 0.6 is 11.8 Å².